The van der Waals surface area contributed by atoms with E-state index in [0.29, 0.717) is 0 Å². The van der Waals surface area contributed by atoms with Crippen LogP contribution < -0.4 is 24.8 Å². The Morgan fingerprint density at radius 1 is 0.481 bits per heavy atom. The third-order valence-corrected chi connectivity index (χ3v) is 36.5. The van der Waals surface area contributed by atoms with Gasteiger partial charge in [0.1, 0.15) is 0 Å². The summed E-state index contributed by atoms with van der Waals surface area (Å²) >= 11 is -3.18. The predicted octanol–water partition coefficient (Wildman–Crippen LogP) is 9.06. The zero-order valence-electron chi connectivity index (χ0n) is 32.8. The van der Waals surface area contributed by atoms with Gasteiger partial charge in [-0.3, -0.25) is 0 Å². The third-order valence-electron chi connectivity index (χ3n) is 14.4. The normalized spacial score (nSPS) is 21.3. The summed E-state index contributed by atoms with van der Waals surface area (Å²) in [5.41, 5.74) is 19.3. The summed E-state index contributed by atoms with van der Waals surface area (Å²) in [6.07, 6.45) is 26.0. The molecule has 1 saturated heterocycles. The molecule has 0 radical (unpaired) electrons. The van der Waals surface area contributed by atoms with Crippen LogP contribution in [0, 0.1) is 11.8 Å². The monoisotopic (exact) mass is 922 g/mol. The van der Waals surface area contributed by atoms with Crippen molar-refractivity contribution in [3.8, 4) is 22.3 Å². The first kappa shape index (κ1) is 40.0. The van der Waals surface area contributed by atoms with E-state index in [9.17, 15) is 0 Å². The van der Waals surface area contributed by atoms with Gasteiger partial charge in [0.15, 0.2) is 0 Å². The van der Waals surface area contributed by atoms with Gasteiger partial charge in [0.2, 0.25) is 0 Å². The first-order valence-electron chi connectivity index (χ1n) is 21.6. The van der Waals surface area contributed by atoms with Crippen molar-refractivity contribution in [2.24, 2.45) is 11.8 Å². The summed E-state index contributed by atoms with van der Waals surface area (Å²) in [5, 5.41) is 0. The Morgan fingerprint density at radius 2 is 0.889 bits per heavy atom. The maximum absolute atomic E-state index is 3.18. The smallest absolute Gasteiger partial charge is 1.00 e. The van der Waals surface area contributed by atoms with Gasteiger partial charge in [0.05, 0.1) is 0 Å². The van der Waals surface area contributed by atoms with Crippen LogP contribution in [-0.4, -0.2) is 0 Å². The molecule has 282 valence electrons. The molecular weight excluding hydrogens is 862 g/mol. The first-order valence-corrected chi connectivity index (χ1v) is 30.8. The fraction of sp³-hybridized carbons (Fsp3) is 0.451. The number of benzene rings is 4. The van der Waals surface area contributed by atoms with Crippen LogP contribution in [0.15, 0.2) is 96.1 Å². The standard InChI is InChI=1S/2C24H27.C3H6.2ClH.Hf/c2*1-2-7-18-12-14-20(15-13-18)23-11-6-10-21-16-22(17-24(21)23)19-8-4-3-5-9-19;1-3-2;;;/h2*6,10-17,19H,2-5,7-9H2,1H3;1-3H2;2*1H;/q;;;;;+2/p-2. The van der Waals surface area contributed by atoms with Gasteiger partial charge in [0, 0.05) is 0 Å². The van der Waals surface area contributed by atoms with Crippen molar-refractivity contribution in [3.63, 3.8) is 0 Å². The van der Waals surface area contributed by atoms with Crippen molar-refractivity contribution in [1.29, 1.82) is 0 Å². The molecule has 0 nitrogen and oxygen atoms in total. The van der Waals surface area contributed by atoms with E-state index < -0.39 is 20.0 Å². The van der Waals surface area contributed by atoms with E-state index in [1.165, 1.54) is 130 Å². The van der Waals surface area contributed by atoms with Crippen molar-refractivity contribution in [2.75, 3.05) is 0 Å². The fourth-order valence-electron chi connectivity index (χ4n) is 11.8. The Bertz CT molecular complexity index is 1810. The minimum atomic E-state index is -3.18. The van der Waals surface area contributed by atoms with E-state index >= 15 is 0 Å². The molecule has 5 aliphatic rings. The number of hydrogen-bond donors (Lipinski definition) is 0. The summed E-state index contributed by atoms with van der Waals surface area (Å²) in [6, 6.07) is 34.3. The van der Waals surface area contributed by atoms with Gasteiger partial charge in [-0.15, -0.1) is 0 Å². The Labute approximate surface area is 343 Å². The van der Waals surface area contributed by atoms with Gasteiger partial charge in [-0.05, 0) is 0 Å². The van der Waals surface area contributed by atoms with Crippen LogP contribution in [0.1, 0.15) is 138 Å². The average Bonchev–Trinajstić information content (AvgIpc) is 3.77. The molecule has 1 heterocycles. The summed E-state index contributed by atoms with van der Waals surface area (Å²) < 4.78 is 4.61. The molecule has 2 atom stereocenters. The van der Waals surface area contributed by atoms with Crippen LogP contribution in [0.2, 0.25) is 8.35 Å². The van der Waals surface area contributed by atoms with Gasteiger partial charge < -0.3 is 24.8 Å². The average molecular weight is 922 g/mol. The van der Waals surface area contributed by atoms with E-state index in [1.54, 1.807) is 30.6 Å². The van der Waals surface area contributed by atoms with Crippen LogP contribution in [0.4, 0.5) is 0 Å². The van der Waals surface area contributed by atoms with Crippen LogP contribution in [0.3, 0.4) is 0 Å². The molecule has 2 saturated carbocycles. The van der Waals surface area contributed by atoms with Gasteiger partial charge in [-0.2, -0.15) is 0 Å². The van der Waals surface area contributed by atoms with Crippen molar-refractivity contribution in [1.82, 2.24) is 0 Å². The molecule has 4 aliphatic carbocycles. The molecule has 3 fully saturated rings. The number of rotatable bonds is 10. The minimum absolute atomic E-state index is 0. The molecule has 0 N–H and O–H groups in total. The Hall–Kier alpha value is -2.19. The van der Waals surface area contributed by atoms with Crippen molar-refractivity contribution < 1.29 is 44.8 Å². The fourth-order valence-corrected chi connectivity index (χ4v) is 34.7. The second kappa shape index (κ2) is 17.5. The summed E-state index contributed by atoms with van der Waals surface area (Å²) in [5.74, 6) is 1.55. The zero-order valence-corrected chi connectivity index (χ0v) is 37.9. The van der Waals surface area contributed by atoms with Crippen LogP contribution in [0.25, 0.3) is 34.4 Å². The Kier molecular flexibility index (Phi) is 13.0. The first-order chi connectivity index (χ1) is 25.7. The van der Waals surface area contributed by atoms with E-state index in [2.05, 4.69) is 111 Å². The zero-order chi connectivity index (χ0) is 35.1. The molecule has 4 aromatic rings. The van der Waals surface area contributed by atoms with E-state index in [1.807, 2.05) is 11.1 Å². The second-order valence-electron chi connectivity index (χ2n) is 17.4. The summed E-state index contributed by atoms with van der Waals surface area (Å²) in [6.45, 7) is 4.59. The molecule has 0 aromatic heterocycles. The van der Waals surface area contributed by atoms with Crippen LogP contribution in [-0.2, 0) is 32.8 Å². The summed E-state index contributed by atoms with van der Waals surface area (Å²) in [7, 11) is 0. The molecule has 2 unspecified atom stereocenters. The predicted molar refractivity (Wildman–Crippen MR) is 221 cm³/mol. The minimum Gasteiger partial charge on any atom is -1.00 e. The maximum atomic E-state index is 2.82. The van der Waals surface area contributed by atoms with Crippen molar-refractivity contribution >= 4 is 12.2 Å². The van der Waals surface area contributed by atoms with Crippen LogP contribution in [0.5, 0.6) is 0 Å². The van der Waals surface area contributed by atoms with E-state index in [4.69, 9.17) is 0 Å². The molecule has 0 bridgehead atoms. The third kappa shape index (κ3) is 7.26. The van der Waals surface area contributed by atoms with Gasteiger partial charge in [0.25, 0.3) is 0 Å². The number of allylic oxidation sites excluding steroid dienone is 2. The van der Waals surface area contributed by atoms with E-state index in [-0.39, 0.29) is 24.8 Å². The number of fused-ring (bicyclic) bond motifs is 2. The van der Waals surface area contributed by atoms with Crippen molar-refractivity contribution in [2.45, 2.75) is 126 Å². The maximum Gasteiger partial charge on any atom is -1.00 e. The second-order valence-corrected chi connectivity index (χ2v) is 34.0. The summed E-state index contributed by atoms with van der Waals surface area (Å²) in [4.78, 5) is 0. The largest absolute Gasteiger partial charge is 1.00 e. The van der Waals surface area contributed by atoms with E-state index in [0.717, 1.165) is 19.2 Å². The van der Waals surface area contributed by atoms with Crippen molar-refractivity contribution in [3.05, 3.63) is 129 Å². The molecule has 4 aromatic carbocycles. The molecule has 9 rings (SSSR count). The number of aryl methyl sites for hydroxylation is 2. The van der Waals surface area contributed by atoms with Gasteiger partial charge >= 0.3 is 322 Å². The topological polar surface area (TPSA) is 0 Å². The van der Waals surface area contributed by atoms with Gasteiger partial charge in [-0.1, -0.05) is 0 Å². The SMILES string of the molecule is CCCc1ccc(-c2cccc3c2C=C(C2CCCCC2)[CH]3[Hf+2]2([CH]3C(C4CCCCC4)=Cc4c(-c5ccc(CCC)cc5)cccc43)[CH2]C[CH2]2)cc1.[Cl-].[Cl-]. The Morgan fingerprint density at radius 3 is 1.24 bits per heavy atom. The van der Waals surface area contributed by atoms with Crippen LogP contribution >= 0.6 is 0 Å². The Balaban J connectivity index is 0.00000225. The molecule has 54 heavy (non-hydrogen) atoms. The molecule has 3 heteroatoms. The van der Waals surface area contributed by atoms with Gasteiger partial charge in [-0.25, -0.2) is 0 Å². The number of hydrogen-bond acceptors (Lipinski definition) is 0. The number of halogens is 2. The molecular formula is C51H60Cl2Hf. The molecule has 0 amide bonds. The molecule has 1 aliphatic heterocycles. The quantitative estimate of drug-likeness (QED) is 0.140. The molecule has 0 spiro atoms.